The van der Waals surface area contributed by atoms with E-state index in [-0.39, 0.29) is 0 Å². The highest BCUT2D eigenvalue weighted by atomic mass is 35.5. The molecule has 0 aromatic heterocycles. The van der Waals surface area contributed by atoms with Crippen LogP contribution < -0.4 is 5.32 Å². The lowest BCUT2D eigenvalue weighted by atomic mass is 10.0. The van der Waals surface area contributed by atoms with E-state index in [0.717, 1.165) is 16.3 Å². The maximum atomic E-state index is 6.13. The smallest absolute Gasteiger partial charge is 0.0455 e. The molecule has 92 valence electrons. The molecule has 1 aliphatic carbocycles. The lowest BCUT2D eigenvalue weighted by Crippen LogP contribution is -2.18. The van der Waals surface area contributed by atoms with Crippen molar-refractivity contribution in [2.45, 2.75) is 45.1 Å². The standard InChI is InChI=1S/C15H20ClN/c1-12-14(16)10-7-11-15(12)17-13-8-5-3-2-4-6-9-13/h5,7-8,10-11,13,17H,2-4,6,9H2,1H3/b8-5+. The first-order chi connectivity index (χ1) is 8.27. The molecule has 0 fully saturated rings. The first-order valence-corrected chi connectivity index (χ1v) is 6.83. The summed E-state index contributed by atoms with van der Waals surface area (Å²) < 4.78 is 0. The average Bonchev–Trinajstić information content (AvgIpc) is 2.28. The molecule has 1 atom stereocenters. The maximum absolute atomic E-state index is 6.13. The summed E-state index contributed by atoms with van der Waals surface area (Å²) in [5.41, 5.74) is 2.30. The molecule has 0 radical (unpaired) electrons. The largest absolute Gasteiger partial charge is 0.379 e. The molecule has 2 heteroatoms. The molecule has 1 unspecified atom stereocenters. The van der Waals surface area contributed by atoms with Crippen LogP contribution in [0.3, 0.4) is 0 Å². The van der Waals surface area contributed by atoms with E-state index in [9.17, 15) is 0 Å². The van der Waals surface area contributed by atoms with Gasteiger partial charge in [0.15, 0.2) is 0 Å². The Morgan fingerprint density at radius 3 is 3.00 bits per heavy atom. The van der Waals surface area contributed by atoms with Crippen LogP contribution in [-0.2, 0) is 0 Å². The lowest BCUT2D eigenvalue weighted by molar-refractivity contribution is 0.610. The fourth-order valence-corrected chi connectivity index (χ4v) is 2.42. The number of anilines is 1. The van der Waals surface area contributed by atoms with E-state index >= 15 is 0 Å². The molecule has 0 saturated heterocycles. The second-order valence-corrected chi connectivity index (χ2v) is 5.14. The van der Waals surface area contributed by atoms with Gasteiger partial charge in [0.1, 0.15) is 0 Å². The minimum Gasteiger partial charge on any atom is -0.379 e. The summed E-state index contributed by atoms with van der Waals surface area (Å²) >= 11 is 6.13. The Kier molecular flexibility index (Phi) is 4.49. The molecular formula is C15H20ClN. The van der Waals surface area contributed by atoms with Crippen molar-refractivity contribution < 1.29 is 0 Å². The Hall–Kier alpha value is -0.950. The zero-order valence-electron chi connectivity index (χ0n) is 10.4. The van der Waals surface area contributed by atoms with Gasteiger partial charge in [-0.2, -0.15) is 0 Å². The van der Waals surface area contributed by atoms with Crippen LogP contribution in [0.15, 0.2) is 30.4 Å². The first-order valence-electron chi connectivity index (χ1n) is 6.45. The molecule has 1 nitrogen and oxygen atoms in total. The van der Waals surface area contributed by atoms with Gasteiger partial charge >= 0.3 is 0 Å². The highest BCUT2D eigenvalue weighted by Crippen LogP contribution is 2.25. The van der Waals surface area contributed by atoms with Gasteiger partial charge in [0, 0.05) is 16.8 Å². The van der Waals surface area contributed by atoms with E-state index in [1.165, 1.54) is 32.1 Å². The van der Waals surface area contributed by atoms with Crippen molar-refractivity contribution in [2.75, 3.05) is 5.32 Å². The molecule has 1 N–H and O–H groups in total. The second-order valence-electron chi connectivity index (χ2n) is 4.73. The molecule has 1 aromatic carbocycles. The van der Waals surface area contributed by atoms with Crippen molar-refractivity contribution in [3.63, 3.8) is 0 Å². The highest BCUT2D eigenvalue weighted by molar-refractivity contribution is 6.31. The van der Waals surface area contributed by atoms with Crippen molar-refractivity contribution in [2.24, 2.45) is 0 Å². The number of benzene rings is 1. The van der Waals surface area contributed by atoms with Gasteiger partial charge in [-0.15, -0.1) is 0 Å². The molecule has 17 heavy (non-hydrogen) atoms. The Labute approximate surface area is 109 Å². The fourth-order valence-electron chi connectivity index (χ4n) is 2.24. The third-order valence-corrected chi connectivity index (χ3v) is 3.77. The summed E-state index contributed by atoms with van der Waals surface area (Å²) in [6.07, 6.45) is 11.0. The average molecular weight is 250 g/mol. The number of hydrogen-bond donors (Lipinski definition) is 1. The van der Waals surface area contributed by atoms with Crippen LogP contribution in [0.2, 0.25) is 5.02 Å². The molecule has 0 spiro atoms. The van der Waals surface area contributed by atoms with Crippen molar-refractivity contribution in [3.8, 4) is 0 Å². The van der Waals surface area contributed by atoms with Crippen LogP contribution in [0.4, 0.5) is 5.69 Å². The Balaban J connectivity index is 2.08. The summed E-state index contributed by atoms with van der Waals surface area (Å²) in [5, 5.41) is 4.42. The summed E-state index contributed by atoms with van der Waals surface area (Å²) in [4.78, 5) is 0. The van der Waals surface area contributed by atoms with Gasteiger partial charge in [-0.25, -0.2) is 0 Å². The normalized spacial score (nSPS) is 22.6. The van der Waals surface area contributed by atoms with Gasteiger partial charge in [-0.05, 0) is 43.9 Å². The maximum Gasteiger partial charge on any atom is 0.0455 e. The summed E-state index contributed by atoms with van der Waals surface area (Å²) in [7, 11) is 0. The van der Waals surface area contributed by atoms with Crippen molar-refractivity contribution in [1.29, 1.82) is 0 Å². The van der Waals surface area contributed by atoms with Crippen LogP contribution in [0.25, 0.3) is 0 Å². The van der Waals surface area contributed by atoms with Crippen molar-refractivity contribution in [3.05, 3.63) is 40.9 Å². The monoisotopic (exact) mass is 249 g/mol. The molecule has 2 rings (SSSR count). The van der Waals surface area contributed by atoms with Crippen LogP contribution >= 0.6 is 11.6 Å². The third-order valence-electron chi connectivity index (χ3n) is 3.36. The van der Waals surface area contributed by atoms with Crippen LogP contribution in [0.5, 0.6) is 0 Å². The molecule has 0 aliphatic heterocycles. The van der Waals surface area contributed by atoms with E-state index in [1.54, 1.807) is 0 Å². The van der Waals surface area contributed by atoms with E-state index in [0.29, 0.717) is 6.04 Å². The summed E-state index contributed by atoms with van der Waals surface area (Å²) in [5.74, 6) is 0. The van der Waals surface area contributed by atoms with E-state index in [4.69, 9.17) is 11.6 Å². The van der Waals surface area contributed by atoms with Gasteiger partial charge in [0.25, 0.3) is 0 Å². The molecule has 0 amide bonds. The zero-order valence-corrected chi connectivity index (χ0v) is 11.1. The summed E-state index contributed by atoms with van der Waals surface area (Å²) in [6.45, 7) is 2.07. The second kappa shape index (κ2) is 6.11. The van der Waals surface area contributed by atoms with Crippen LogP contribution in [0, 0.1) is 6.92 Å². The Bertz CT molecular complexity index is 398. The zero-order chi connectivity index (χ0) is 12.1. The van der Waals surface area contributed by atoms with Crippen molar-refractivity contribution in [1.82, 2.24) is 0 Å². The molecular weight excluding hydrogens is 230 g/mol. The molecule has 0 saturated carbocycles. The van der Waals surface area contributed by atoms with Crippen molar-refractivity contribution >= 4 is 17.3 Å². The molecule has 0 bridgehead atoms. The van der Waals surface area contributed by atoms with Gasteiger partial charge in [-0.1, -0.05) is 42.7 Å². The van der Waals surface area contributed by atoms with Crippen LogP contribution in [0.1, 0.15) is 37.7 Å². The minimum atomic E-state index is 0.451. The predicted molar refractivity (Wildman–Crippen MR) is 75.8 cm³/mol. The van der Waals surface area contributed by atoms with Gasteiger partial charge in [0.05, 0.1) is 0 Å². The van der Waals surface area contributed by atoms with Gasteiger partial charge < -0.3 is 5.32 Å². The minimum absolute atomic E-state index is 0.451. The van der Waals surface area contributed by atoms with Gasteiger partial charge in [0.2, 0.25) is 0 Å². The molecule has 1 aromatic rings. The van der Waals surface area contributed by atoms with Crippen LogP contribution in [-0.4, -0.2) is 6.04 Å². The number of nitrogens with one attached hydrogen (secondary N) is 1. The molecule has 1 aliphatic rings. The highest BCUT2D eigenvalue weighted by Gasteiger charge is 2.09. The number of hydrogen-bond acceptors (Lipinski definition) is 1. The lowest BCUT2D eigenvalue weighted by Gasteiger charge is -2.20. The number of allylic oxidation sites excluding steroid dienone is 1. The number of rotatable bonds is 2. The summed E-state index contributed by atoms with van der Waals surface area (Å²) in [6, 6.07) is 6.50. The SMILES string of the molecule is Cc1c(Cl)cccc1NC1/C=C/CCCCC1. The van der Waals surface area contributed by atoms with E-state index in [1.807, 2.05) is 12.1 Å². The topological polar surface area (TPSA) is 12.0 Å². The first kappa shape index (κ1) is 12.5. The van der Waals surface area contributed by atoms with E-state index in [2.05, 4.69) is 30.5 Å². The molecule has 0 heterocycles. The van der Waals surface area contributed by atoms with E-state index < -0.39 is 0 Å². The van der Waals surface area contributed by atoms with Gasteiger partial charge in [-0.3, -0.25) is 0 Å². The number of halogens is 1. The quantitative estimate of drug-likeness (QED) is 0.732. The fraction of sp³-hybridized carbons (Fsp3) is 0.467. The predicted octanol–water partition coefficient (Wildman–Crippen LogP) is 4.95. The Morgan fingerprint density at radius 2 is 2.12 bits per heavy atom. The Morgan fingerprint density at radius 1 is 1.24 bits per heavy atom. The third kappa shape index (κ3) is 3.50.